The van der Waals surface area contributed by atoms with Crippen molar-refractivity contribution in [1.82, 2.24) is 0 Å². The minimum absolute atomic E-state index is 3.19. The Morgan fingerprint density at radius 3 is 0.536 bits per heavy atom. The van der Waals surface area contributed by atoms with Crippen molar-refractivity contribution in [3.63, 3.8) is 0 Å². The van der Waals surface area contributed by atoms with E-state index in [0.717, 1.165) is 0 Å². The predicted molar refractivity (Wildman–Crippen MR) is 66.1 cm³/mol. The molecule has 0 aromatic rings. The van der Waals surface area contributed by atoms with Crippen molar-refractivity contribution in [1.29, 1.82) is 0 Å². The summed E-state index contributed by atoms with van der Waals surface area (Å²) in [6.07, 6.45) is 0. The first-order valence-electron chi connectivity index (χ1n) is 4.24. The van der Waals surface area contributed by atoms with Crippen molar-refractivity contribution in [3.8, 4) is 0 Å². The van der Waals surface area contributed by atoms with Crippen molar-refractivity contribution in [2.45, 2.75) is 0 Å². The van der Waals surface area contributed by atoms with E-state index in [4.69, 9.17) is 88.7 Å². The van der Waals surface area contributed by atoms with E-state index in [1.807, 2.05) is 0 Å². The van der Waals surface area contributed by atoms with Gasteiger partial charge in [-0.15, -0.1) is 0 Å². The molecule has 0 amide bonds. The molecule has 22 nitrogen and oxygen atoms in total. The Morgan fingerprint density at radius 2 is 0.536 bits per heavy atom. The summed E-state index contributed by atoms with van der Waals surface area (Å²) >= 11 is -28.1. The summed E-state index contributed by atoms with van der Waals surface area (Å²) in [5, 5.41) is 0. The fourth-order valence-electron chi connectivity index (χ4n) is 0. The summed E-state index contributed by atoms with van der Waals surface area (Å²) in [5.41, 5.74) is 0. The Morgan fingerprint density at radius 1 is 0.536 bits per heavy atom. The van der Waals surface area contributed by atoms with Gasteiger partial charge >= 0.3 is 178 Å². The van der Waals surface area contributed by atoms with E-state index >= 15 is 0 Å². The van der Waals surface area contributed by atoms with E-state index < -0.39 is 89.4 Å². The maximum absolute atomic E-state index is 8.94. The molecule has 0 aliphatic carbocycles. The van der Waals surface area contributed by atoms with Crippen LogP contribution in [0, 0.1) is 0 Å². The van der Waals surface area contributed by atoms with Gasteiger partial charge in [0.1, 0.15) is 0 Å². The van der Waals surface area contributed by atoms with Crippen LogP contribution in [0.4, 0.5) is 0 Å². The summed E-state index contributed by atoms with van der Waals surface area (Å²) < 4.78 is 173. The Kier molecular flexibility index (Phi) is 34.4. The third-order valence-electron chi connectivity index (χ3n) is 0. The molecule has 28 heteroatoms. The molecule has 0 rings (SSSR count). The summed E-state index contributed by atoms with van der Waals surface area (Å²) in [5.74, 6) is 0. The van der Waals surface area contributed by atoms with Crippen LogP contribution in [-0.4, -0.2) is 143 Å². The molecule has 0 fully saturated rings. The second kappa shape index (κ2) is 22.0. The second-order valence-corrected chi connectivity index (χ2v) is 12.9. The first-order chi connectivity index (χ1) is 11.5. The molecule has 0 saturated heterocycles. The van der Waals surface area contributed by atoms with Crippen LogP contribution in [-0.2, 0) is 15.0 Å². The van der Waals surface area contributed by atoms with Crippen LogP contribution in [0.5, 0.6) is 0 Å². The predicted octanol–water partition coefficient (Wildman–Crippen LogP) is -15.9. The van der Waals surface area contributed by atoms with Crippen LogP contribution >= 0.6 is 0 Å². The van der Waals surface area contributed by atoms with Gasteiger partial charge < -0.3 is 0 Å². The van der Waals surface area contributed by atoms with Crippen LogP contribution in [0.1, 0.15) is 0 Å². The quantitative estimate of drug-likeness (QED) is 0.101. The van der Waals surface area contributed by atoms with Gasteiger partial charge in [0.2, 0.25) is 0 Å². The van der Waals surface area contributed by atoms with Crippen LogP contribution < -0.4 is 20.5 Å². The van der Waals surface area contributed by atoms with E-state index in [-0.39, 0.29) is 0 Å². The van der Waals surface area contributed by atoms with Gasteiger partial charge in [-0.2, -0.15) is 0 Å². The van der Waals surface area contributed by atoms with Gasteiger partial charge in [-0.25, -0.2) is 0 Å². The van der Waals surface area contributed by atoms with E-state index in [2.05, 4.69) is 0 Å². The zero-order valence-electron chi connectivity index (χ0n) is 12.2. The van der Waals surface area contributed by atoms with Gasteiger partial charge in [-0.3, -0.25) is 0 Å². The molecule has 0 aliphatic heterocycles. The van der Waals surface area contributed by atoms with Crippen molar-refractivity contribution in [2.24, 2.45) is 0 Å². The molecule has 0 radical (unpaired) electrons. The van der Waals surface area contributed by atoms with Crippen LogP contribution in [0.2, 0.25) is 0 Å². The number of hydrogen-bond donors (Lipinski definition) is 13. The molecule has 0 aromatic carbocycles. The van der Waals surface area contributed by atoms with E-state index in [1.54, 1.807) is 0 Å². The van der Waals surface area contributed by atoms with Gasteiger partial charge in [0.25, 0.3) is 0 Å². The van der Waals surface area contributed by atoms with Crippen LogP contribution in [0.15, 0.2) is 0 Å². The van der Waals surface area contributed by atoms with Crippen LogP contribution in [0.3, 0.4) is 0 Å². The van der Waals surface area contributed by atoms with Gasteiger partial charge in [0, 0.05) is 0 Å². The zero-order chi connectivity index (χ0) is 25.2. The topological polar surface area (TPSA) is 447 Å². The zero-order valence-corrected chi connectivity index (χ0v) is 23.4. The summed E-state index contributed by atoms with van der Waals surface area (Å²) in [4.78, 5) is 0. The normalized spacial score (nSPS) is 11.0. The second-order valence-electron chi connectivity index (χ2n) is 2.48. The van der Waals surface area contributed by atoms with Crippen molar-refractivity contribution in [2.75, 3.05) is 0 Å². The summed E-state index contributed by atoms with van der Waals surface area (Å²) in [6, 6.07) is 0. The Labute approximate surface area is 176 Å². The standard InChI is InChI=1S/4AsH3O4.AsH3O3.AsH2O3/c4*2-1(3,4)5;2*2-1(3)4/h4*(H3,2,3,4,5);2-4H;2-3H/q;;;;;-1/p-4. The third-order valence-corrected chi connectivity index (χ3v) is 0. The molecule has 0 aliphatic rings. The van der Waals surface area contributed by atoms with E-state index in [0.29, 0.717) is 0 Å². The number of rotatable bonds is 0. The maximum atomic E-state index is 8.94. The summed E-state index contributed by atoms with van der Waals surface area (Å²) in [7, 11) is 0. The molecule has 0 saturated carbocycles. The molecule has 28 heavy (non-hydrogen) atoms. The molecule has 13 N–H and O–H groups in total. The molecule has 180 valence electrons. The van der Waals surface area contributed by atoms with Crippen molar-refractivity contribution in [3.05, 3.63) is 0 Å². The average Bonchev–Trinajstić information content (AvgIpc) is 1.99. The van der Waals surface area contributed by atoms with E-state index in [9.17, 15) is 0 Å². The SMILES string of the molecule is O=[As](O)(O)O.O=[As]([O-])(O)O.O=[As]([O-])(O)O.O=[As]([O-])([O-])O.O[As](O)O.[O-][As](O)O. The molecule has 0 unspecified atom stereocenters. The van der Waals surface area contributed by atoms with E-state index in [1.165, 1.54) is 0 Å². The Hall–Kier alpha value is 1.83. The third kappa shape index (κ3) is 5980. The van der Waals surface area contributed by atoms with Crippen molar-refractivity contribution < 1.29 is 88.7 Å². The molecule has 0 heterocycles. The van der Waals surface area contributed by atoms with Gasteiger partial charge in [0.15, 0.2) is 0 Å². The number of hydrogen-bond acceptors (Lipinski definition) is 14. The molecular formula is H13As6O22-5. The molecule has 0 bridgehead atoms. The Bertz CT molecular complexity index is 353. The van der Waals surface area contributed by atoms with Gasteiger partial charge in [-0.1, -0.05) is 0 Å². The Balaban J connectivity index is -0.0000000520. The average molecular weight is 815 g/mol. The molecular weight excluding hydrogens is 802 g/mol. The first kappa shape index (κ1) is 43.7. The molecule has 0 aromatic heterocycles. The molecule has 0 atom stereocenters. The molecule has 0 spiro atoms. The van der Waals surface area contributed by atoms with Crippen molar-refractivity contribution >= 4 is 89.4 Å². The minimum atomic E-state index is -5.62. The fourth-order valence-corrected chi connectivity index (χ4v) is 0. The summed E-state index contributed by atoms with van der Waals surface area (Å²) in [6.45, 7) is 0. The van der Waals surface area contributed by atoms with Gasteiger partial charge in [0.05, 0.1) is 0 Å². The van der Waals surface area contributed by atoms with Gasteiger partial charge in [-0.05, 0) is 0 Å². The van der Waals surface area contributed by atoms with Crippen LogP contribution in [0.25, 0.3) is 0 Å². The first-order valence-corrected chi connectivity index (χ1v) is 22.0. The monoisotopic (exact) mass is 815 g/mol. The fraction of sp³-hybridized carbons (Fsp3) is 0.